The Bertz CT molecular complexity index is 657. The Morgan fingerprint density at radius 2 is 1.83 bits per heavy atom. The molecule has 2 rings (SSSR count). The van der Waals surface area contributed by atoms with Gasteiger partial charge in [0.05, 0.1) is 6.54 Å². The van der Waals surface area contributed by atoms with Gasteiger partial charge in [-0.1, -0.05) is 54.1 Å². The summed E-state index contributed by atoms with van der Waals surface area (Å²) in [5.74, 6) is -0.00233. The highest BCUT2D eigenvalue weighted by atomic mass is 35.5. The number of carbonyl (C=O) groups is 1. The van der Waals surface area contributed by atoms with Crippen molar-refractivity contribution in [3.8, 4) is 0 Å². The van der Waals surface area contributed by atoms with Gasteiger partial charge in [0.2, 0.25) is 5.91 Å². The van der Waals surface area contributed by atoms with E-state index in [0.717, 1.165) is 12.0 Å². The Balaban J connectivity index is 1.73. The van der Waals surface area contributed by atoms with Gasteiger partial charge in [-0.15, -0.1) is 0 Å². The first-order valence-electron chi connectivity index (χ1n) is 7.87. The molecule has 0 heterocycles. The first-order valence-corrected chi connectivity index (χ1v) is 8.24. The van der Waals surface area contributed by atoms with E-state index in [1.54, 1.807) is 0 Å². The molecule has 2 aromatic rings. The SMILES string of the molecule is Cc1ccccc1CCNC(=O)CN[C@H](C)c1ccccc1Cl. The zero-order valence-electron chi connectivity index (χ0n) is 13.6. The Hall–Kier alpha value is -1.84. The van der Waals surface area contributed by atoms with Crippen molar-refractivity contribution < 1.29 is 4.79 Å². The summed E-state index contributed by atoms with van der Waals surface area (Å²) in [6, 6.07) is 15.9. The fourth-order valence-corrected chi connectivity index (χ4v) is 2.77. The zero-order chi connectivity index (χ0) is 16.7. The lowest BCUT2D eigenvalue weighted by atomic mass is 10.1. The third kappa shape index (κ3) is 5.38. The fraction of sp³-hybridized carbons (Fsp3) is 0.316. The molecule has 0 bridgehead atoms. The minimum Gasteiger partial charge on any atom is -0.355 e. The van der Waals surface area contributed by atoms with Crippen molar-refractivity contribution in [1.29, 1.82) is 0 Å². The molecule has 0 saturated heterocycles. The fourth-order valence-electron chi connectivity index (χ4n) is 2.47. The Morgan fingerprint density at radius 3 is 2.57 bits per heavy atom. The standard InChI is InChI=1S/C19H23ClN2O/c1-14-7-3-4-8-16(14)11-12-21-19(23)13-22-15(2)17-9-5-6-10-18(17)20/h3-10,15,22H,11-13H2,1-2H3,(H,21,23)/t15-/m1/s1. The van der Waals surface area contributed by atoms with Crippen LogP contribution in [0, 0.1) is 6.92 Å². The molecule has 1 amide bonds. The maximum Gasteiger partial charge on any atom is 0.233 e. The predicted octanol–water partition coefficient (Wildman–Crippen LogP) is 3.66. The number of hydrogen-bond donors (Lipinski definition) is 2. The van der Waals surface area contributed by atoms with Crippen molar-refractivity contribution in [3.63, 3.8) is 0 Å². The first kappa shape index (κ1) is 17.5. The molecule has 0 aromatic heterocycles. The van der Waals surface area contributed by atoms with E-state index in [1.807, 2.05) is 43.3 Å². The maximum absolute atomic E-state index is 11.9. The molecule has 3 nitrogen and oxygen atoms in total. The van der Waals surface area contributed by atoms with E-state index < -0.39 is 0 Å². The van der Waals surface area contributed by atoms with Gasteiger partial charge in [0.25, 0.3) is 0 Å². The van der Waals surface area contributed by atoms with E-state index in [-0.39, 0.29) is 18.5 Å². The van der Waals surface area contributed by atoms with E-state index in [9.17, 15) is 4.79 Å². The minimum absolute atomic E-state index is 0.00233. The van der Waals surface area contributed by atoms with Crippen LogP contribution in [0.3, 0.4) is 0 Å². The van der Waals surface area contributed by atoms with Crippen molar-refractivity contribution in [3.05, 3.63) is 70.2 Å². The summed E-state index contributed by atoms with van der Waals surface area (Å²) in [5, 5.41) is 6.86. The van der Waals surface area contributed by atoms with Crippen LogP contribution in [0.25, 0.3) is 0 Å². The predicted molar refractivity (Wildman–Crippen MR) is 95.8 cm³/mol. The zero-order valence-corrected chi connectivity index (χ0v) is 14.4. The van der Waals surface area contributed by atoms with Gasteiger partial charge >= 0.3 is 0 Å². The summed E-state index contributed by atoms with van der Waals surface area (Å²) in [4.78, 5) is 11.9. The summed E-state index contributed by atoms with van der Waals surface area (Å²) >= 11 is 6.16. The topological polar surface area (TPSA) is 41.1 Å². The van der Waals surface area contributed by atoms with E-state index >= 15 is 0 Å². The van der Waals surface area contributed by atoms with Gasteiger partial charge in [-0.25, -0.2) is 0 Å². The van der Waals surface area contributed by atoms with Crippen LogP contribution in [0.5, 0.6) is 0 Å². The molecule has 0 saturated carbocycles. The second kappa shape index (κ2) is 8.70. The molecule has 0 spiro atoms. The normalized spacial score (nSPS) is 12.0. The largest absolute Gasteiger partial charge is 0.355 e. The lowest BCUT2D eigenvalue weighted by Crippen LogP contribution is -2.36. The molecule has 2 aromatic carbocycles. The molecular formula is C19H23ClN2O. The summed E-state index contributed by atoms with van der Waals surface area (Å²) in [6.07, 6.45) is 0.846. The van der Waals surface area contributed by atoms with Gasteiger partial charge < -0.3 is 10.6 Å². The monoisotopic (exact) mass is 330 g/mol. The van der Waals surface area contributed by atoms with E-state index in [2.05, 4.69) is 29.7 Å². The number of rotatable bonds is 7. The smallest absolute Gasteiger partial charge is 0.233 e. The van der Waals surface area contributed by atoms with E-state index in [0.29, 0.717) is 11.6 Å². The number of carbonyl (C=O) groups excluding carboxylic acids is 1. The van der Waals surface area contributed by atoms with Crippen LogP contribution in [-0.2, 0) is 11.2 Å². The molecule has 122 valence electrons. The number of benzene rings is 2. The molecule has 23 heavy (non-hydrogen) atoms. The highest BCUT2D eigenvalue weighted by Crippen LogP contribution is 2.21. The minimum atomic E-state index is -0.00233. The van der Waals surface area contributed by atoms with Crippen molar-refractivity contribution in [2.75, 3.05) is 13.1 Å². The molecule has 0 fully saturated rings. The van der Waals surface area contributed by atoms with Crippen LogP contribution in [0.4, 0.5) is 0 Å². The van der Waals surface area contributed by atoms with Crippen LogP contribution < -0.4 is 10.6 Å². The molecule has 1 atom stereocenters. The number of hydrogen-bond acceptors (Lipinski definition) is 2. The number of aryl methyl sites for hydroxylation is 1. The number of amides is 1. The van der Waals surface area contributed by atoms with Gasteiger partial charge in [0, 0.05) is 17.6 Å². The summed E-state index contributed by atoms with van der Waals surface area (Å²) in [7, 11) is 0. The third-order valence-electron chi connectivity index (χ3n) is 3.92. The molecule has 2 N–H and O–H groups in total. The van der Waals surface area contributed by atoms with Crippen molar-refractivity contribution >= 4 is 17.5 Å². The van der Waals surface area contributed by atoms with E-state index in [1.165, 1.54) is 11.1 Å². The van der Waals surface area contributed by atoms with Crippen LogP contribution in [0.15, 0.2) is 48.5 Å². The molecular weight excluding hydrogens is 308 g/mol. The molecule has 0 unspecified atom stereocenters. The van der Waals surface area contributed by atoms with Crippen LogP contribution in [0.1, 0.15) is 29.7 Å². The molecule has 0 radical (unpaired) electrons. The lowest BCUT2D eigenvalue weighted by molar-refractivity contribution is -0.120. The molecule has 0 aliphatic heterocycles. The Morgan fingerprint density at radius 1 is 1.13 bits per heavy atom. The van der Waals surface area contributed by atoms with Crippen molar-refractivity contribution in [2.45, 2.75) is 26.3 Å². The Kier molecular flexibility index (Phi) is 6.63. The lowest BCUT2D eigenvalue weighted by Gasteiger charge is -2.15. The molecule has 4 heteroatoms. The van der Waals surface area contributed by atoms with Gasteiger partial charge in [0.15, 0.2) is 0 Å². The van der Waals surface area contributed by atoms with Crippen LogP contribution in [-0.4, -0.2) is 19.0 Å². The van der Waals surface area contributed by atoms with Crippen LogP contribution in [0.2, 0.25) is 5.02 Å². The average Bonchev–Trinajstić information content (AvgIpc) is 2.55. The maximum atomic E-state index is 11.9. The summed E-state index contributed by atoms with van der Waals surface area (Å²) in [6.45, 7) is 5.01. The second-order valence-electron chi connectivity index (χ2n) is 5.65. The summed E-state index contributed by atoms with van der Waals surface area (Å²) in [5.41, 5.74) is 3.53. The quantitative estimate of drug-likeness (QED) is 0.813. The number of nitrogens with one attached hydrogen (secondary N) is 2. The summed E-state index contributed by atoms with van der Waals surface area (Å²) < 4.78 is 0. The van der Waals surface area contributed by atoms with Gasteiger partial charge in [-0.2, -0.15) is 0 Å². The van der Waals surface area contributed by atoms with Gasteiger partial charge in [-0.3, -0.25) is 4.79 Å². The van der Waals surface area contributed by atoms with Gasteiger partial charge in [-0.05, 0) is 43.0 Å². The highest BCUT2D eigenvalue weighted by Gasteiger charge is 2.10. The number of halogens is 1. The van der Waals surface area contributed by atoms with Crippen molar-refractivity contribution in [1.82, 2.24) is 10.6 Å². The second-order valence-corrected chi connectivity index (χ2v) is 6.06. The van der Waals surface area contributed by atoms with Crippen LogP contribution >= 0.6 is 11.6 Å². The highest BCUT2D eigenvalue weighted by molar-refractivity contribution is 6.31. The Labute approximate surface area is 143 Å². The van der Waals surface area contributed by atoms with Gasteiger partial charge in [0.1, 0.15) is 0 Å². The average molecular weight is 331 g/mol. The third-order valence-corrected chi connectivity index (χ3v) is 4.26. The van der Waals surface area contributed by atoms with E-state index in [4.69, 9.17) is 11.6 Å². The first-order chi connectivity index (χ1) is 11.1. The molecule has 0 aliphatic carbocycles. The molecule has 0 aliphatic rings. The van der Waals surface area contributed by atoms with Crippen molar-refractivity contribution in [2.24, 2.45) is 0 Å².